The molecule has 3 unspecified atom stereocenters. The number of nitrogens with zero attached hydrogens (tertiary/aromatic N) is 1. The van der Waals surface area contributed by atoms with E-state index in [4.69, 9.17) is 4.74 Å². The highest BCUT2D eigenvalue weighted by molar-refractivity contribution is 7.99. The molecule has 2 rings (SSSR count). The summed E-state index contributed by atoms with van der Waals surface area (Å²) in [6.07, 6.45) is 1.79. The maximum absolute atomic E-state index is 12.4. The number of carbonyl (C=O) groups is 2. The maximum atomic E-state index is 12.4. The second-order valence-electron chi connectivity index (χ2n) is 5.25. The van der Waals surface area contributed by atoms with Gasteiger partial charge in [0.05, 0.1) is 19.3 Å². The summed E-state index contributed by atoms with van der Waals surface area (Å²) in [5, 5.41) is 12.2. The summed E-state index contributed by atoms with van der Waals surface area (Å²) in [7, 11) is 0. The molecule has 0 bridgehead atoms. The van der Waals surface area contributed by atoms with Crippen LogP contribution in [0.2, 0.25) is 0 Å². The van der Waals surface area contributed by atoms with Crippen molar-refractivity contribution >= 4 is 23.8 Å². The Bertz CT molecular complexity index is 360. The first-order valence-corrected chi connectivity index (χ1v) is 8.24. The summed E-state index contributed by atoms with van der Waals surface area (Å²) >= 11 is 1.83. The third kappa shape index (κ3) is 3.58. The lowest BCUT2D eigenvalue weighted by Gasteiger charge is -2.31. The van der Waals surface area contributed by atoms with Gasteiger partial charge in [0, 0.05) is 18.3 Å². The Kier molecular flexibility index (Phi) is 5.54. The molecule has 0 aromatic heterocycles. The van der Waals surface area contributed by atoms with E-state index in [1.54, 1.807) is 4.90 Å². The lowest BCUT2D eigenvalue weighted by molar-refractivity contribution is -0.142. The van der Waals surface area contributed by atoms with Crippen molar-refractivity contribution in [1.82, 2.24) is 10.2 Å². The van der Waals surface area contributed by atoms with Crippen molar-refractivity contribution in [3.05, 3.63) is 0 Å². The fourth-order valence-corrected chi connectivity index (χ4v) is 3.80. The molecular formula is C13H22N2O4S. The van der Waals surface area contributed by atoms with Crippen LogP contribution in [0.4, 0.5) is 4.79 Å². The molecule has 114 valence electrons. The molecule has 0 spiro atoms. The quantitative estimate of drug-likeness (QED) is 0.792. The van der Waals surface area contributed by atoms with Gasteiger partial charge < -0.3 is 20.1 Å². The molecule has 0 radical (unpaired) electrons. The average molecular weight is 302 g/mol. The maximum Gasteiger partial charge on any atom is 0.317 e. The minimum absolute atomic E-state index is 0.152. The van der Waals surface area contributed by atoms with E-state index < -0.39 is 11.9 Å². The lowest BCUT2D eigenvalue weighted by atomic mass is 10.0. The van der Waals surface area contributed by atoms with Crippen LogP contribution in [0.1, 0.15) is 19.8 Å². The number of amides is 2. The molecule has 2 fully saturated rings. The second kappa shape index (κ2) is 7.17. The van der Waals surface area contributed by atoms with Crippen LogP contribution in [-0.4, -0.2) is 65.4 Å². The minimum Gasteiger partial charge on any atom is -0.481 e. The van der Waals surface area contributed by atoms with E-state index >= 15 is 0 Å². The molecule has 2 amide bonds. The van der Waals surface area contributed by atoms with Crippen LogP contribution in [0.25, 0.3) is 0 Å². The van der Waals surface area contributed by atoms with Crippen LogP contribution in [0, 0.1) is 5.92 Å². The zero-order valence-electron chi connectivity index (χ0n) is 11.7. The van der Waals surface area contributed by atoms with Crippen LogP contribution >= 0.6 is 11.8 Å². The number of carbonyl (C=O) groups excluding carboxylic acids is 1. The highest BCUT2D eigenvalue weighted by Crippen LogP contribution is 2.22. The fourth-order valence-electron chi connectivity index (χ4n) is 2.65. The number of hydrogen-bond donors (Lipinski definition) is 2. The van der Waals surface area contributed by atoms with Crippen LogP contribution < -0.4 is 5.32 Å². The van der Waals surface area contributed by atoms with Gasteiger partial charge in [0.2, 0.25) is 0 Å². The normalized spacial score (nSPS) is 29.4. The van der Waals surface area contributed by atoms with E-state index in [0.717, 1.165) is 24.3 Å². The van der Waals surface area contributed by atoms with E-state index in [2.05, 4.69) is 5.32 Å². The Morgan fingerprint density at radius 1 is 1.45 bits per heavy atom. The summed E-state index contributed by atoms with van der Waals surface area (Å²) < 4.78 is 5.27. The van der Waals surface area contributed by atoms with E-state index in [1.165, 1.54) is 0 Å². The van der Waals surface area contributed by atoms with E-state index in [1.807, 2.05) is 18.7 Å². The van der Waals surface area contributed by atoms with Crippen molar-refractivity contribution in [3.8, 4) is 0 Å². The predicted molar refractivity (Wildman–Crippen MR) is 77.0 cm³/mol. The third-order valence-corrected chi connectivity index (χ3v) is 4.91. The number of thioether (sulfide) groups is 1. The molecule has 2 saturated heterocycles. The van der Waals surface area contributed by atoms with Gasteiger partial charge in [-0.1, -0.05) is 6.92 Å². The zero-order valence-corrected chi connectivity index (χ0v) is 12.5. The smallest absolute Gasteiger partial charge is 0.317 e. The summed E-state index contributed by atoms with van der Waals surface area (Å²) in [4.78, 5) is 25.3. The summed E-state index contributed by atoms with van der Waals surface area (Å²) in [6, 6.07) is -0.305. The number of aliphatic carboxylic acids is 1. The van der Waals surface area contributed by atoms with Crippen LogP contribution in [0.15, 0.2) is 0 Å². The molecule has 6 nitrogen and oxygen atoms in total. The van der Waals surface area contributed by atoms with Crippen LogP contribution in [0.5, 0.6) is 0 Å². The Labute approximate surface area is 123 Å². The Hall–Kier alpha value is -0.950. The van der Waals surface area contributed by atoms with E-state index in [9.17, 15) is 14.7 Å². The topological polar surface area (TPSA) is 78.9 Å². The first-order valence-electron chi connectivity index (χ1n) is 7.09. The molecule has 0 aromatic rings. The van der Waals surface area contributed by atoms with Crippen molar-refractivity contribution in [2.24, 2.45) is 5.92 Å². The summed E-state index contributed by atoms with van der Waals surface area (Å²) in [6.45, 7) is 3.04. The van der Waals surface area contributed by atoms with Crippen molar-refractivity contribution in [2.75, 3.05) is 31.3 Å². The van der Waals surface area contributed by atoms with Gasteiger partial charge in [-0.05, 0) is 18.6 Å². The van der Waals surface area contributed by atoms with Gasteiger partial charge in [-0.15, -0.1) is 0 Å². The average Bonchev–Trinajstić information content (AvgIpc) is 3.06. The number of urea groups is 1. The molecule has 7 heteroatoms. The first kappa shape index (κ1) is 15.4. The largest absolute Gasteiger partial charge is 0.481 e. The first-order chi connectivity index (χ1) is 9.63. The number of hydrogen-bond acceptors (Lipinski definition) is 4. The molecule has 2 aliphatic rings. The Morgan fingerprint density at radius 2 is 2.25 bits per heavy atom. The lowest BCUT2D eigenvalue weighted by Crippen LogP contribution is -2.53. The minimum atomic E-state index is -0.891. The molecule has 2 N–H and O–H groups in total. The molecule has 0 saturated carbocycles. The van der Waals surface area contributed by atoms with Crippen LogP contribution in [0.3, 0.4) is 0 Å². The van der Waals surface area contributed by atoms with Gasteiger partial charge in [0.25, 0.3) is 0 Å². The Balaban J connectivity index is 2.01. The zero-order chi connectivity index (χ0) is 14.5. The van der Waals surface area contributed by atoms with Gasteiger partial charge in [-0.2, -0.15) is 11.8 Å². The monoisotopic (exact) mass is 302 g/mol. The molecule has 2 aliphatic heterocycles. The second-order valence-corrected chi connectivity index (χ2v) is 6.40. The highest BCUT2D eigenvalue weighted by Gasteiger charge is 2.40. The standard InChI is InChI=1S/C13H22N2O4S/c1-2-4-15(11-7-19-6-10(11)12(16)17)13(18)14-9-3-5-20-8-9/h9-11H,2-8H2,1H3,(H,14,18)(H,16,17). The van der Waals surface area contributed by atoms with Crippen molar-refractivity contribution in [2.45, 2.75) is 31.8 Å². The molecule has 20 heavy (non-hydrogen) atoms. The molecule has 3 atom stereocenters. The molecule has 0 aromatic carbocycles. The van der Waals surface area contributed by atoms with Crippen molar-refractivity contribution in [1.29, 1.82) is 0 Å². The SMILES string of the molecule is CCCN(C(=O)NC1CCSC1)C1COCC1C(=O)O. The predicted octanol–water partition coefficient (Wildman–Crippen LogP) is 1.01. The van der Waals surface area contributed by atoms with E-state index in [0.29, 0.717) is 13.2 Å². The van der Waals surface area contributed by atoms with Gasteiger partial charge in [0.15, 0.2) is 0 Å². The van der Waals surface area contributed by atoms with E-state index in [-0.39, 0.29) is 24.7 Å². The van der Waals surface area contributed by atoms with Crippen LogP contribution in [-0.2, 0) is 9.53 Å². The van der Waals surface area contributed by atoms with Gasteiger partial charge in [0.1, 0.15) is 5.92 Å². The van der Waals surface area contributed by atoms with Crippen molar-refractivity contribution in [3.63, 3.8) is 0 Å². The number of rotatable bonds is 5. The highest BCUT2D eigenvalue weighted by atomic mass is 32.2. The fraction of sp³-hybridized carbons (Fsp3) is 0.846. The number of carboxylic acid groups (broad SMARTS) is 1. The number of nitrogens with one attached hydrogen (secondary N) is 1. The molecule has 0 aliphatic carbocycles. The molecule has 2 heterocycles. The summed E-state index contributed by atoms with van der Waals surface area (Å²) in [5.41, 5.74) is 0. The number of carboxylic acids is 1. The summed E-state index contributed by atoms with van der Waals surface area (Å²) in [5.74, 6) is 0.501. The van der Waals surface area contributed by atoms with Crippen molar-refractivity contribution < 1.29 is 19.4 Å². The van der Waals surface area contributed by atoms with Gasteiger partial charge in [-0.3, -0.25) is 4.79 Å². The number of ether oxygens (including phenoxy) is 1. The van der Waals surface area contributed by atoms with Gasteiger partial charge >= 0.3 is 12.0 Å². The van der Waals surface area contributed by atoms with Gasteiger partial charge in [-0.25, -0.2) is 4.79 Å². The third-order valence-electron chi connectivity index (χ3n) is 3.75. The molecular weight excluding hydrogens is 280 g/mol. The Morgan fingerprint density at radius 3 is 2.85 bits per heavy atom.